The molecule has 32 heavy (non-hydrogen) atoms. The van der Waals surface area contributed by atoms with Crippen LogP contribution >= 0.6 is 0 Å². The number of fused-ring (bicyclic) bond motifs is 1. The van der Waals surface area contributed by atoms with Gasteiger partial charge in [0.05, 0.1) is 12.0 Å². The van der Waals surface area contributed by atoms with Crippen molar-refractivity contribution in [3.8, 4) is 22.8 Å². The van der Waals surface area contributed by atoms with Crippen LogP contribution in [0.15, 0.2) is 53.1 Å². The molecule has 4 aromatic rings. The fraction of sp³-hybridized carbons (Fsp3) is 0.375. The van der Waals surface area contributed by atoms with Gasteiger partial charge in [0.15, 0.2) is 11.4 Å². The van der Waals surface area contributed by atoms with Gasteiger partial charge < -0.3 is 20.0 Å². The van der Waals surface area contributed by atoms with Crippen LogP contribution in [-0.4, -0.2) is 56.7 Å². The molecule has 8 nitrogen and oxygen atoms in total. The Labute approximate surface area is 186 Å². The van der Waals surface area contributed by atoms with Crippen LogP contribution in [0.3, 0.4) is 0 Å². The van der Waals surface area contributed by atoms with Gasteiger partial charge in [-0.1, -0.05) is 12.1 Å². The Balaban J connectivity index is 1.25. The molecule has 2 aliphatic heterocycles. The van der Waals surface area contributed by atoms with Crippen LogP contribution in [-0.2, 0) is 0 Å². The summed E-state index contributed by atoms with van der Waals surface area (Å²) in [6.07, 6.45) is 6.79. The number of nitrogens with two attached hydrogens (primary N) is 1. The van der Waals surface area contributed by atoms with E-state index in [-0.39, 0.29) is 0 Å². The molecule has 0 amide bonds. The third-order valence-electron chi connectivity index (χ3n) is 6.72. The van der Waals surface area contributed by atoms with Crippen molar-refractivity contribution in [2.45, 2.75) is 31.7 Å². The Hall–Kier alpha value is -3.39. The number of nitrogens with zero attached hydrogens (tertiary/aromatic N) is 6. The first-order valence-corrected chi connectivity index (χ1v) is 11.4. The molecule has 164 valence electrons. The molecule has 2 aliphatic rings. The largest absolute Gasteiger partial charge is 0.461 e. The summed E-state index contributed by atoms with van der Waals surface area (Å²) >= 11 is 0. The number of likely N-dealkylation sites (tertiary alicyclic amines) is 1. The van der Waals surface area contributed by atoms with Gasteiger partial charge in [-0.3, -0.25) is 0 Å². The number of rotatable bonds is 4. The monoisotopic (exact) mass is 429 g/mol. The highest BCUT2D eigenvalue weighted by atomic mass is 16.3. The Morgan fingerprint density at radius 1 is 0.938 bits per heavy atom. The summed E-state index contributed by atoms with van der Waals surface area (Å²) < 4.78 is 6.97. The van der Waals surface area contributed by atoms with E-state index in [1.165, 1.54) is 44.5 Å². The van der Waals surface area contributed by atoms with Gasteiger partial charge in [-0.25, -0.2) is 9.97 Å². The van der Waals surface area contributed by atoms with Crippen LogP contribution in [0.4, 0.5) is 11.6 Å². The van der Waals surface area contributed by atoms with Crippen LogP contribution in [0.1, 0.15) is 25.7 Å². The number of hydrogen-bond acceptors (Lipinski definition) is 7. The zero-order valence-corrected chi connectivity index (χ0v) is 18.0. The molecule has 1 aromatic carbocycles. The zero-order valence-electron chi connectivity index (χ0n) is 18.0. The molecule has 0 saturated carbocycles. The summed E-state index contributed by atoms with van der Waals surface area (Å²) in [4.78, 5) is 14.4. The molecule has 5 heterocycles. The maximum atomic E-state index is 6.22. The van der Waals surface area contributed by atoms with Gasteiger partial charge in [-0.05, 0) is 63.0 Å². The van der Waals surface area contributed by atoms with E-state index in [1.54, 1.807) is 10.8 Å². The lowest BCUT2D eigenvalue weighted by Crippen LogP contribution is -2.43. The van der Waals surface area contributed by atoms with Crippen molar-refractivity contribution in [1.29, 1.82) is 0 Å². The molecule has 0 spiro atoms. The third kappa shape index (κ3) is 3.50. The lowest BCUT2D eigenvalue weighted by atomic mass is 10.0. The second-order valence-corrected chi connectivity index (χ2v) is 8.69. The summed E-state index contributed by atoms with van der Waals surface area (Å²) in [5.41, 5.74) is 9.93. The molecular formula is C24H27N7O. The molecule has 0 aliphatic carbocycles. The smallest absolute Gasteiger partial charge is 0.223 e. The van der Waals surface area contributed by atoms with Gasteiger partial charge in [0.2, 0.25) is 11.8 Å². The van der Waals surface area contributed by atoms with Crippen molar-refractivity contribution in [2.75, 3.05) is 36.8 Å². The minimum Gasteiger partial charge on any atom is -0.461 e. The predicted octanol–water partition coefficient (Wildman–Crippen LogP) is 3.70. The molecule has 0 atom stereocenters. The topological polar surface area (TPSA) is 88.7 Å². The van der Waals surface area contributed by atoms with Crippen LogP contribution in [0.2, 0.25) is 0 Å². The van der Waals surface area contributed by atoms with Crippen molar-refractivity contribution >= 4 is 17.3 Å². The highest BCUT2D eigenvalue weighted by molar-refractivity contribution is 5.70. The molecule has 3 aromatic heterocycles. The first-order chi connectivity index (χ1) is 15.7. The highest BCUT2D eigenvalue weighted by Gasteiger charge is 2.26. The van der Waals surface area contributed by atoms with Crippen LogP contribution in [0, 0.1) is 0 Å². The van der Waals surface area contributed by atoms with Crippen LogP contribution in [0.25, 0.3) is 28.5 Å². The van der Waals surface area contributed by atoms with Crippen molar-refractivity contribution in [3.63, 3.8) is 0 Å². The van der Waals surface area contributed by atoms with Gasteiger partial charge in [0.1, 0.15) is 0 Å². The number of nitrogen functional groups attached to an aromatic ring is 1. The van der Waals surface area contributed by atoms with Crippen molar-refractivity contribution in [3.05, 3.63) is 48.7 Å². The van der Waals surface area contributed by atoms with Gasteiger partial charge in [0, 0.05) is 36.4 Å². The lowest BCUT2D eigenvalue weighted by Gasteiger charge is -2.38. The summed E-state index contributed by atoms with van der Waals surface area (Å²) in [6.45, 7) is 4.74. The Morgan fingerprint density at radius 3 is 2.56 bits per heavy atom. The van der Waals surface area contributed by atoms with E-state index in [1.807, 2.05) is 18.2 Å². The number of anilines is 2. The van der Waals surface area contributed by atoms with Crippen molar-refractivity contribution < 1.29 is 4.42 Å². The summed E-state index contributed by atoms with van der Waals surface area (Å²) in [5, 5.41) is 4.43. The van der Waals surface area contributed by atoms with E-state index in [9.17, 15) is 0 Å². The van der Waals surface area contributed by atoms with E-state index in [0.29, 0.717) is 23.2 Å². The first kappa shape index (κ1) is 19.3. The summed E-state index contributed by atoms with van der Waals surface area (Å²) in [6, 6.07) is 14.9. The number of furan rings is 1. The maximum Gasteiger partial charge on any atom is 0.223 e. The molecule has 2 saturated heterocycles. The van der Waals surface area contributed by atoms with Gasteiger partial charge in [-0.15, -0.1) is 5.10 Å². The number of aromatic nitrogens is 4. The maximum absolute atomic E-state index is 6.22. The second kappa shape index (κ2) is 7.94. The Kier molecular flexibility index (Phi) is 4.79. The van der Waals surface area contributed by atoms with E-state index < -0.39 is 0 Å². The van der Waals surface area contributed by atoms with E-state index in [0.717, 1.165) is 30.4 Å². The molecule has 2 N–H and O–H groups in total. The minimum absolute atomic E-state index is 0.305. The zero-order chi connectivity index (χ0) is 21.5. The normalized spacial score (nSPS) is 18.1. The Bertz CT molecular complexity index is 1220. The average molecular weight is 430 g/mol. The fourth-order valence-corrected chi connectivity index (χ4v) is 5.03. The fourth-order valence-electron chi connectivity index (χ4n) is 5.03. The van der Waals surface area contributed by atoms with E-state index >= 15 is 0 Å². The average Bonchev–Trinajstić information content (AvgIpc) is 3.61. The summed E-state index contributed by atoms with van der Waals surface area (Å²) in [5.74, 6) is 1.41. The lowest BCUT2D eigenvalue weighted by molar-refractivity contribution is 0.208. The molecule has 8 heteroatoms. The molecule has 0 bridgehead atoms. The standard InChI is InChI=1S/C24H27N7O/c25-24-26-20(16-22-27-23(28-31(22)24)21-7-4-14-32-21)17-5-3-6-19(15-17)30-12-8-18(9-13-30)29-10-1-2-11-29/h3-7,14-16,18H,1-2,8-13H2,(H2,25,26). The van der Waals surface area contributed by atoms with Gasteiger partial charge in [-0.2, -0.15) is 4.52 Å². The first-order valence-electron chi connectivity index (χ1n) is 11.4. The molecule has 2 fully saturated rings. The van der Waals surface area contributed by atoms with E-state index in [4.69, 9.17) is 10.2 Å². The minimum atomic E-state index is 0.305. The quantitative estimate of drug-likeness (QED) is 0.529. The van der Waals surface area contributed by atoms with Crippen LogP contribution < -0.4 is 10.6 Å². The SMILES string of the molecule is Nc1nc(-c2cccc(N3CCC(N4CCCC4)CC3)c2)cc2nc(-c3ccco3)nn12. The van der Waals surface area contributed by atoms with E-state index in [2.05, 4.69) is 49.1 Å². The highest BCUT2D eigenvalue weighted by Crippen LogP contribution is 2.29. The predicted molar refractivity (Wildman–Crippen MR) is 124 cm³/mol. The molecule has 0 unspecified atom stereocenters. The molecular weight excluding hydrogens is 402 g/mol. The molecule has 0 radical (unpaired) electrons. The van der Waals surface area contributed by atoms with Crippen LogP contribution in [0.5, 0.6) is 0 Å². The summed E-state index contributed by atoms with van der Waals surface area (Å²) in [7, 11) is 0. The number of hydrogen-bond donors (Lipinski definition) is 1. The van der Waals surface area contributed by atoms with Crippen molar-refractivity contribution in [1.82, 2.24) is 24.5 Å². The Morgan fingerprint density at radius 2 is 1.78 bits per heavy atom. The second-order valence-electron chi connectivity index (χ2n) is 8.69. The third-order valence-corrected chi connectivity index (χ3v) is 6.72. The van der Waals surface area contributed by atoms with Gasteiger partial charge >= 0.3 is 0 Å². The number of benzene rings is 1. The molecule has 6 rings (SSSR count). The van der Waals surface area contributed by atoms with Crippen molar-refractivity contribution in [2.24, 2.45) is 0 Å². The number of piperidine rings is 1. The van der Waals surface area contributed by atoms with Gasteiger partial charge in [0.25, 0.3) is 0 Å².